The highest BCUT2D eigenvalue weighted by atomic mass is 16.5. The van der Waals surface area contributed by atoms with E-state index in [0.717, 1.165) is 10.1 Å². The molecule has 0 amide bonds. The molecule has 0 aliphatic rings. The summed E-state index contributed by atoms with van der Waals surface area (Å²) in [6, 6.07) is 8.57. The van der Waals surface area contributed by atoms with Crippen molar-refractivity contribution in [2.75, 3.05) is 7.11 Å². The minimum atomic E-state index is -0.427. The van der Waals surface area contributed by atoms with Gasteiger partial charge in [-0.15, -0.1) is 5.10 Å². The van der Waals surface area contributed by atoms with Crippen molar-refractivity contribution >= 4 is 5.65 Å². The second-order valence-electron chi connectivity index (χ2n) is 4.29. The van der Waals surface area contributed by atoms with Gasteiger partial charge in [0, 0.05) is 18.7 Å². The number of hydrogen-bond donors (Lipinski definition) is 2. The van der Waals surface area contributed by atoms with Crippen LogP contribution in [0.5, 0.6) is 17.4 Å². The molecule has 3 N–H and O–H groups in total. The molecule has 0 atom stereocenters. The molecule has 0 saturated heterocycles. The molecule has 0 aliphatic carbocycles. The first-order valence-electron chi connectivity index (χ1n) is 6.20. The van der Waals surface area contributed by atoms with E-state index in [9.17, 15) is 4.79 Å². The smallest absolute Gasteiger partial charge is 0.364 e. The third kappa shape index (κ3) is 2.56. The first-order chi connectivity index (χ1) is 10.2. The molecule has 0 spiro atoms. The number of aromatic nitrogens is 4. The summed E-state index contributed by atoms with van der Waals surface area (Å²) >= 11 is 0. The van der Waals surface area contributed by atoms with Gasteiger partial charge in [-0.25, -0.2) is 9.89 Å². The molecule has 0 aliphatic heterocycles. The van der Waals surface area contributed by atoms with E-state index in [1.54, 1.807) is 31.4 Å². The van der Waals surface area contributed by atoms with E-state index < -0.39 is 5.69 Å². The standard InChI is InChI=1S/C13H13N5O3/c1-20-9-4-8(7-14)5-10(6-9)21-12-3-2-11-15-16-13(19)18(11)17-12/h2-6H,7,14H2,1H3,(H,16,19). The molecule has 0 saturated carbocycles. The summed E-state index contributed by atoms with van der Waals surface area (Å²) < 4.78 is 12.0. The maximum absolute atomic E-state index is 11.5. The lowest BCUT2D eigenvalue weighted by Gasteiger charge is -2.09. The second-order valence-corrected chi connectivity index (χ2v) is 4.29. The monoisotopic (exact) mass is 287 g/mol. The van der Waals surface area contributed by atoms with Crippen molar-refractivity contribution in [2.24, 2.45) is 5.73 Å². The number of H-pyrrole nitrogens is 1. The molecular weight excluding hydrogens is 274 g/mol. The van der Waals surface area contributed by atoms with Crippen LogP contribution in [0.1, 0.15) is 5.56 Å². The molecule has 108 valence electrons. The topological polar surface area (TPSA) is 108 Å². The van der Waals surface area contributed by atoms with Gasteiger partial charge in [0.15, 0.2) is 5.65 Å². The van der Waals surface area contributed by atoms with E-state index in [1.165, 1.54) is 0 Å². The Morgan fingerprint density at radius 3 is 2.86 bits per heavy atom. The number of hydrogen-bond acceptors (Lipinski definition) is 6. The fourth-order valence-corrected chi connectivity index (χ4v) is 1.89. The predicted octanol–water partition coefficient (Wildman–Crippen LogP) is 0.677. The van der Waals surface area contributed by atoms with E-state index in [1.807, 2.05) is 6.07 Å². The Morgan fingerprint density at radius 1 is 1.29 bits per heavy atom. The number of benzene rings is 1. The van der Waals surface area contributed by atoms with Crippen molar-refractivity contribution in [3.05, 3.63) is 46.4 Å². The summed E-state index contributed by atoms with van der Waals surface area (Å²) in [6.45, 7) is 0.362. The average Bonchev–Trinajstić information content (AvgIpc) is 2.88. The van der Waals surface area contributed by atoms with Crippen LogP contribution in [0, 0.1) is 0 Å². The third-order valence-electron chi connectivity index (χ3n) is 2.88. The highest BCUT2D eigenvalue weighted by molar-refractivity contribution is 5.41. The third-order valence-corrected chi connectivity index (χ3v) is 2.88. The van der Waals surface area contributed by atoms with Crippen molar-refractivity contribution in [3.8, 4) is 17.4 Å². The average molecular weight is 287 g/mol. The summed E-state index contributed by atoms with van der Waals surface area (Å²) in [4.78, 5) is 11.5. The zero-order chi connectivity index (χ0) is 14.8. The summed E-state index contributed by atoms with van der Waals surface area (Å²) in [5.74, 6) is 1.43. The van der Waals surface area contributed by atoms with Gasteiger partial charge < -0.3 is 15.2 Å². The number of methoxy groups -OCH3 is 1. The van der Waals surface area contributed by atoms with Crippen molar-refractivity contribution in [3.63, 3.8) is 0 Å². The molecule has 8 heteroatoms. The highest BCUT2D eigenvalue weighted by Gasteiger charge is 2.07. The Kier molecular flexibility index (Phi) is 3.28. The molecule has 2 aromatic heterocycles. The van der Waals surface area contributed by atoms with Gasteiger partial charge in [-0.3, -0.25) is 0 Å². The lowest BCUT2D eigenvalue weighted by molar-refractivity contribution is 0.405. The van der Waals surface area contributed by atoms with Gasteiger partial charge in [-0.2, -0.15) is 9.61 Å². The van der Waals surface area contributed by atoms with Crippen LogP contribution in [-0.4, -0.2) is 26.9 Å². The van der Waals surface area contributed by atoms with Gasteiger partial charge >= 0.3 is 5.69 Å². The van der Waals surface area contributed by atoms with Gasteiger partial charge in [-0.05, 0) is 23.8 Å². The lowest BCUT2D eigenvalue weighted by Crippen LogP contribution is -2.12. The second kappa shape index (κ2) is 5.25. The highest BCUT2D eigenvalue weighted by Crippen LogP contribution is 2.26. The minimum Gasteiger partial charge on any atom is -0.497 e. The van der Waals surface area contributed by atoms with Gasteiger partial charge in [0.05, 0.1) is 7.11 Å². The SMILES string of the molecule is COc1cc(CN)cc(Oc2ccc3n[nH]c(=O)n3n2)c1. The first kappa shape index (κ1) is 13.1. The molecule has 3 rings (SSSR count). The number of rotatable bonds is 4. The van der Waals surface area contributed by atoms with Crippen LogP contribution >= 0.6 is 0 Å². The zero-order valence-corrected chi connectivity index (χ0v) is 11.2. The van der Waals surface area contributed by atoms with Crippen LogP contribution in [0.2, 0.25) is 0 Å². The molecule has 0 bridgehead atoms. The van der Waals surface area contributed by atoms with Crippen LogP contribution in [-0.2, 0) is 6.54 Å². The predicted molar refractivity (Wildman–Crippen MR) is 74.6 cm³/mol. The molecule has 8 nitrogen and oxygen atoms in total. The van der Waals surface area contributed by atoms with Crippen molar-refractivity contribution in [1.29, 1.82) is 0 Å². The van der Waals surface area contributed by atoms with E-state index in [2.05, 4.69) is 15.3 Å². The summed E-state index contributed by atoms with van der Waals surface area (Å²) in [5.41, 5.74) is 6.49. The Labute approximate surface area is 119 Å². The number of ether oxygens (including phenoxy) is 2. The Hall–Kier alpha value is -2.87. The first-order valence-corrected chi connectivity index (χ1v) is 6.20. The van der Waals surface area contributed by atoms with E-state index >= 15 is 0 Å². The van der Waals surface area contributed by atoms with Crippen LogP contribution < -0.4 is 20.9 Å². The number of fused-ring (bicyclic) bond motifs is 1. The molecule has 0 unspecified atom stereocenters. The quantitative estimate of drug-likeness (QED) is 0.730. The van der Waals surface area contributed by atoms with Crippen molar-refractivity contribution in [1.82, 2.24) is 19.8 Å². The van der Waals surface area contributed by atoms with Gasteiger partial charge in [0.1, 0.15) is 11.5 Å². The molecule has 0 fully saturated rings. The van der Waals surface area contributed by atoms with E-state index in [0.29, 0.717) is 23.7 Å². The molecule has 3 aromatic rings. The molecule has 0 radical (unpaired) electrons. The summed E-state index contributed by atoms with van der Waals surface area (Å²) in [7, 11) is 1.56. The number of nitrogens with one attached hydrogen (secondary N) is 1. The fourth-order valence-electron chi connectivity index (χ4n) is 1.89. The fraction of sp³-hybridized carbons (Fsp3) is 0.154. The van der Waals surface area contributed by atoms with Gasteiger partial charge in [0.2, 0.25) is 5.88 Å². The van der Waals surface area contributed by atoms with Crippen LogP contribution in [0.25, 0.3) is 5.65 Å². The number of aromatic amines is 1. The van der Waals surface area contributed by atoms with Gasteiger partial charge in [-0.1, -0.05) is 0 Å². The molecule has 2 heterocycles. The molecule has 1 aromatic carbocycles. The largest absolute Gasteiger partial charge is 0.497 e. The van der Waals surface area contributed by atoms with E-state index in [-0.39, 0.29) is 5.88 Å². The van der Waals surface area contributed by atoms with Crippen molar-refractivity contribution in [2.45, 2.75) is 6.54 Å². The lowest BCUT2D eigenvalue weighted by atomic mass is 10.2. The number of nitrogens with two attached hydrogens (primary N) is 1. The van der Waals surface area contributed by atoms with Crippen molar-refractivity contribution < 1.29 is 9.47 Å². The number of nitrogens with zero attached hydrogens (tertiary/aromatic N) is 3. The van der Waals surface area contributed by atoms with Gasteiger partial charge in [0.25, 0.3) is 0 Å². The minimum absolute atomic E-state index is 0.266. The Morgan fingerprint density at radius 2 is 2.10 bits per heavy atom. The Balaban J connectivity index is 1.97. The maximum Gasteiger partial charge on any atom is 0.364 e. The summed E-state index contributed by atoms with van der Waals surface area (Å²) in [5, 5.41) is 10.2. The molecule has 21 heavy (non-hydrogen) atoms. The summed E-state index contributed by atoms with van der Waals surface area (Å²) in [6.07, 6.45) is 0. The normalized spacial score (nSPS) is 10.8. The van der Waals surface area contributed by atoms with Crippen LogP contribution in [0.4, 0.5) is 0 Å². The molecular formula is C13H13N5O3. The Bertz CT molecular complexity index is 817. The maximum atomic E-state index is 11.5. The van der Waals surface area contributed by atoms with Crippen LogP contribution in [0.15, 0.2) is 35.1 Å². The zero-order valence-electron chi connectivity index (χ0n) is 11.2. The van der Waals surface area contributed by atoms with E-state index in [4.69, 9.17) is 15.2 Å². The van der Waals surface area contributed by atoms with Crippen LogP contribution in [0.3, 0.4) is 0 Å².